The van der Waals surface area contributed by atoms with Crippen LogP contribution in [0.25, 0.3) is 0 Å². The van der Waals surface area contributed by atoms with Gasteiger partial charge in [-0.25, -0.2) is 0 Å². The van der Waals surface area contributed by atoms with E-state index in [0.29, 0.717) is 13.0 Å². The molecule has 0 bridgehead atoms. The number of carbonyl (C=O) groups excluding carboxylic acids is 1. The van der Waals surface area contributed by atoms with Gasteiger partial charge >= 0.3 is 5.97 Å². The molecule has 2 heteroatoms. The molecule has 1 rings (SSSR count). The topological polar surface area (TPSA) is 26.3 Å². The van der Waals surface area contributed by atoms with E-state index in [1.165, 1.54) is 61.7 Å². The Balaban J connectivity index is 2.39. The lowest BCUT2D eigenvalue weighted by molar-refractivity contribution is -0.142. The number of unbranched alkanes of at least 4 members (excludes halogenated alkanes) is 5. The predicted octanol–water partition coefficient (Wildman–Crippen LogP) is 8.81. The fourth-order valence-corrected chi connectivity index (χ4v) is 4.07. The summed E-state index contributed by atoms with van der Waals surface area (Å²) in [4.78, 5) is 11.9. The maximum Gasteiger partial charge on any atom is 0.309 e. The lowest BCUT2D eigenvalue weighted by atomic mass is 9.72. The van der Waals surface area contributed by atoms with Crippen LogP contribution in [0, 0.1) is 5.41 Å². The van der Waals surface area contributed by atoms with Crippen molar-refractivity contribution in [3.63, 3.8) is 0 Å². The zero-order valence-electron chi connectivity index (χ0n) is 21.1. The largest absolute Gasteiger partial charge is 0.465 e. The van der Waals surface area contributed by atoms with Gasteiger partial charge in [-0.05, 0) is 57.4 Å². The number of rotatable bonds is 13. The zero-order valence-corrected chi connectivity index (χ0v) is 21.1. The van der Waals surface area contributed by atoms with Crippen LogP contribution in [0.2, 0.25) is 0 Å². The highest BCUT2D eigenvalue weighted by molar-refractivity contribution is 5.71. The lowest BCUT2D eigenvalue weighted by Crippen LogP contribution is -2.19. The molecule has 0 unspecified atom stereocenters. The van der Waals surface area contributed by atoms with Crippen LogP contribution in [0.5, 0.6) is 0 Å². The summed E-state index contributed by atoms with van der Waals surface area (Å²) < 4.78 is 5.32. The molecule has 0 amide bonds. The summed E-state index contributed by atoms with van der Waals surface area (Å²) in [5, 5.41) is 0. The van der Waals surface area contributed by atoms with Crippen molar-refractivity contribution < 1.29 is 9.53 Å². The van der Waals surface area contributed by atoms with E-state index in [9.17, 15) is 4.79 Å². The molecule has 0 aromatic rings. The van der Waals surface area contributed by atoms with Gasteiger partial charge in [0.2, 0.25) is 0 Å². The summed E-state index contributed by atoms with van der Waals surface area (Å²) >= 11 is 0. The van der Waals surface area contributed by atoms with Crippen LogP contribution in [0.3, 0.4) is 0 Å². The van der Waals surface area contributed by atoms with E-state index in [0.717, 1.165) is 18.4 Å². The third-order valence-electron chi connectivity index (χ3n) is 6.13. The van der Waals surface area contributed by atoms with Gasteiger partial charge in [0.1, 0.15) is 0 Å². The number of allylic oxidation sites excluding steroid dienone is 9. The van der Waals surface area contributed by atoms with E-state index in [-0.39, 0.29) is 11.4 Å². The summed E-state index contributed by atoms with van der Waals surface area (Å²) in [5.74, 6) is -0.130. The van der Waals surface area contributed by atoms with Crippen LogP contribution in [-0.4, -0.2) is 12.6 Å². The molecule has 0 fully saturated rings. The standard InChI is InChI=1S/C29H46O2/c1-7-8-9-10-11-12-23-31-28(30)21-19-25(3)16-13-15-24(2)18-20-27-26(4)17-14-22-29(27,5)6/h13,15-16,18-20H,7-12,14,17,21-23H2,1-6H3. The molecule has 0 radical (unpaired) electrons. The van der Waals surface area contributed by atoms with Crippen LogP contribution in [0.15, 0.2) is 58.7 Å². The maximum atomic E-state index is 11.9. The van der Waals surface area contributed by atoms with E-state index >= 15 is 0 Å². The van der Waals surface area contributed by atoms with Gasteiger partial charge in [-0.15, -0.1) is 0 Å². The molecule has 0 heterocycles. The van der Waals surface area contributed by atoms with Gasteiger partial charge in [-0.1, -0.05) is 106 Å². The number of carbonyl (C=O) groups is 1. The molecule has 0 saturated heterocycles. The molecule has 31 heavy (non-hydrogen) atoms. The summed E-state index contributed by atoms with van der Waals surface area (Å²) in [6, 6.07) is 0. The maximum absolute atomic E-state index is 11.9. The lowest BCUT2D eigenvalue weighted by Gasteiger charge is -2.32. The minimum Gasteiger partial charge on any atom is -0.465 e. The quantitative estimate of drug-likeness (QED) is 0.167. The van der Waals surface area contributed by atoms with Crippen LogP contribution >= 0.6 is 0 Å². The van der Waals surface area contributed by atoms with Crippen molar-refractivity contribution in [2.24, 2.45) is 5.41 Å². The van der Waals surface area contributed by atoms with Gasteiger partial charge in [-0.3, -0.25) is 4.79 Å². The number of ether oxygens (including phenoxy) is 1. The van der Waals surface area contributed by atoms with E-state index in [1.807, 2.05) is 19.1 Å². The van der Waals surface area contributed by atoms with Crippen molar-refractivity contribution in [3.05, 3.63) is 58.7 Å². The highest BCUT2D eigenvalue weighted by Crippen LogP contribution is 2.40. The minimum atomic E-state index is -0.130. The Morgan fingerprint density at radius 2 is 1.74 bits per heavy atom. The molecule has 0 aromatic heterocycles. The normalized spacial score (nSPS) is 17.7. The van der Waals surface area contributed by atoms with Crippen molar-refractivity contribution in [3.8, 4) is 0 Å². The molecule has 0 aliphatic heterocycles. The van der Waals surface area contributed by atoms with E-state index in [4.69, 9.17) is 4.74 Å². The fraction of sp³-hybridized carbons (Fsp3) is 0.621. The van der Waals surface area contributed by atoms with Crippen molar-refractivity contribution in [2.45, 2.75) is 106 Å². The predicted molar refractivity (Wildman–Crippen MR) is 135 cm³/mol. The molecular weight excluding hydrogens is 380 g/mol. The van der Waals surface area contributed by atoms with E-state index in [2.05, 4.69) is 58.9 Å². The minimum absolute atomic E-state index is 0.130. The molecule has 0 N–H and O–H groups in total. The van der Waals surface area contributed by atoms with Gasteiger partial charge < -0.3 is 4.74 Å². The van der Waals surface area contributed by atoms with Gasteiger partial charge in [0, 0.05) is 0 Å². The Morgan fingerprint density at radius 3 is 2.45 bits per heavy atom. The third-order valence-corrected chi connectivity index (χ3v) is 6.13. The first-order valence-electron chi connectivity index (χ1n) is 12.3. The van der Waals surface area contributed by atoms with Gasteiger partial charge in [-0.2, -0.15) is 0 Å². The fourth-order valence-electron chi connectivity index (χ4n) is 4.07. The first-order chi connectivity index (χ1) is 14.8. The first kappa shape index (κ1) is 27.2. The summed E-state index contributed by atoms with van der Waals surface area (Å²) in [6.45, 7) is 13.9. The van der Waals surface area contributed by atoms with Gasteiger partial charge in [0.05, 0.1) is 13.0 Å². The Morgan fingerprint density at radius 1 is 1.03 bits per heavy atom. The van der Waals surface area contributed by atoms with Crippen LogP contribution < -0.4 is 0 Å². The molecule has 0 atom stereocenters. The average Bonchev–Trinajstić information content (AvgIpc) is 2.70. The van der Waals surface area contributed by atoms with Gasteiger partial charge in [0.25, 0.3) is 0 Å². The highest BCUT2D eigenvalue weighted by Gasteiger charge is 2.26. The van der Waals surface area contributed by atoms with Crippen LogP contribution in [0.4, 0.5) is 0 Å². The monoisotopic (exact) mass is 426 g/mol. The Kier molecular flexibility index (Phi) is 13.2. The van der Waals surface area contributed by atoms with Crippen LogP contribution in [-0.2, 0) is 9.53 Å². The zero-order chi connectivity index (χ0) is 23.1. The van der Waals surface area contributed by atoms with Crippen molar-refractivity contribution in [1.29, 1.82) is 0 Å². The first-order valence-corrected chi connectivity index (χ1v) is 12.3. The Labute approximate surface area is 192 Å². The molecule has 2 nitrogen and oxygen atoms in total. The van der Waals surface area contributed by atoms with Gasteiger partial charge in [0.15, 0.2) is 0 Å². The summed E-state index contributed by atoms with van der Waals surface area (Å²) in [7, 11) is 0. The second kappa shape index (κ2) is 15.1. The SMILES string of the molecule is CCCCCCCCOC(=O)CC=C(C)C=CC=C(C)C=CC1=C(C)CCCC1(C)C. The number of hydrogen-bond acceptors (Lipinski definition) is 2. The Bertz CT molecular complexity index is 698. The molecular formula is C29H46O2. The van der Waals surface area contributed by atoms with Crippen LogP contribution in [0.1, 0.15) is 106 Å². The summed E-state index contributed by atoms with van der Waals surface area (Å²) in [5.41, 5.74) is 5.60. The number of hydrogen-bond donors (Lipinski definition) is 0. The molecule has 0 saturated carbocycles. The second-order valence-electron chi connectivity index (χ2n) is 9.68. The molecule has 174 valence electrons. The van der Waals surface area contributed by atoms with Crippen molar-refractivity contribution in [1.82, 2.24) is 0 Å². The third kappa shape index (κ3) is 12.0. The molecule has 0 aromatic carbocycles. The van der Waals surface area contributed by atoms with E-state index in [1.54, 1.807) is 0 Å². The summed E-state index contributed by atoms with van der Waals surface area (Å²) in [6.07, 6.45) is 24.0. The average molecular weight is 427 g/mol. The van der Waals surface area contributed by atoms with E-state index < -0.39 is 0 Å². The second-order valence-corrected chi connectivity index (χ2v) is 9.68. The Hall–Kier alpha value is -1.83. The molecule has 1 aliphatic carbocycles. The molecule has 1 aliphatic rings. The highest BCUT2D eigenvalue weighted by atomic mass is 16.5. The molecule has 0 spiro atoms. The van der Waals surface area contributed by atoms with Crippen molar-refractivity contribution in [2.75, 3.05) is 6.61 Å². The van der Waals surface area contributed by atoms with Crippen molar-refractivity contribution >= 4 is 5.97 Å². The smallest absolute Gasteiger partial charge is 0.309 e. The number of esters is 1.